The largest absolute Gasteiger partial charge is 0.361 e. The molecule has 1 aliphatic rings. The molecular formula is C13H10N2O2. The molecule has 0 unspecified atom stereocenters. The maximum absolute atomic E-state index is 11.6. The molecule has 1 aromatic carbocycles. The van der Waals surface area contributed by atoms with Gasteiger partial charge in [0, 0.05) is 28.7 Å². The number of rotatable bonds is 1. The Hall–Kier alpha value is -2.36. The summed E-state index contributed by atoms with van der Waals surface area (Å²) in [7, 11) is 0. The highest BCUT2D eigenvalue weighted by Gasteiger charge is 2.24. The fourth-order valence-electron chi connectivity index (χ4n) is 2.07. The molecule has 0 bridgehead atoms. The molecule has 3 rings (SSSR count). The van der Waals surface area contributed by atoms with Gasteiger partial charge in [0.05, 0.1) is 5.57 Å². The number of aromatic amines is 1. The third-order valence-electron chi connectivity index (χ3n) is 2.88. The zero-order chi connectivity index (χ0) is 12.0. The van der Waals surface area contributed by atoms with Crippen LogP contribution in [0.5, 0.6) is 0 Å². The van der Waals surface area contributed by atoms with Gasteiger partial charge in [-0.2, -0.15) is 0 Å². The third-order valence-corrected chi connectivity index (χ3v) is 2.88. The molecule has 2 aromatic rings. The highest BCUT2D eigenvalue weighted by molar-refractivity contribution is 6.35. The summed E-state index contributed by atoms with van der Waals surface area (Å²) >= 11 is 0. The summed E-state index contributed by atoms with van der Waals surface area (Å²) in [4.78, 5) is 25.8. The van der Waals surface area contributed by atoms with Crippen LogP contribution in [0.4, 0.5) is 0 Å². The predicted octanol–water partition coefficient (Wildman–Crippen LogP) is 1.52. The van der Waals surface area contributed by atoms with Crippen LogP contribution in [0.1, 0.15) is 11.1 Å². The Balaban J connectivity index is 2.25. The molecule has 0 saturated carbocycles. The molecular weight excluding hydrogens is 216 g/mol. The normalized spacial score (nSPS) is 15.2. The van der Waals surface area contributed by atoms with Gasteiger partial charge in [0.15, 0.2) is 0 Å². The number of aromatic nitrogens is 1. The number of H-pyrrole nitrogens is 1. The zero-order valence-electron chi connectivity index (χ0n) is 9.20. The summed E-state index contributed by atoms with van der Waals surface area (Å²) < 4.78 is 0. The minimum Gasteiger partial charge on any atom is -0.361 e. The Morgan fingerprint density at radius 2 is 2.00 bits per heavy atom. The first-order valence-electron chi connectivity index (χ1n) is 5.30. The average molecular weight is 226 g/mol. The van der Waals surface area contributed by atoms with Crippen LogP contribution in [0.2, 0.25) is 0 Å². The number of fused-ring (bicyclic) bond motifs is 1. The van der Waals surface area contributed by atoms with Crippen molar-refractivity contribution in [3.63, 3.8) is 0 Å². The van der Waals surface area contributed by atoms with Crippen molar-refractivity contribution in [2.45, 2.75) is 6.92 Å². The molecule has 4 heteroatoms. The molecule has 0 spiro atoms. The van der Waals surface area contributed by atoms with Crippen LogP contribution in [0, 0.1) is 6.92 Å². The summed E-state index contributed by atoms with van der Waals surface area (Å²) in [5.74, 6) is -0.690. The average Bonchev–Trinajstić information content (AvgIpc) is 2.81. The second-order valence-corrected chi connectivity index (χ2v) is 4.13. The van der Waals surface area contributed by atoms with Crippen LogP contribution in [-0.4, -0.2) is 16.8 Å². The van der Waals surface area contributed by atoms with Crippen LogP contribution in [0.3, 0.4) is 0 Å². The fraction of sp³-hybridized carbons (Fsp3) is 0.0769. The van der Waals surface area contributed by atoms with E-state index in [0.29, 0.717) is 5.57 Å². The van der Waals surface area contributed by atoms with Crippen molar-refractivity contribution in [1.82, 2.24) is 10.3 Å². The van der Waals surface area contributed by atoms with Crippen LogP contribution < -0.4 is 5.32 Å². The highest BCUT2D eigenvalue weighted by Crippen LogP contribution is 2.27. The van der Waals surface area contributed by atoms with Crippen molar-refractivity contribution in [3.8, 4) is 0 Å². The minimum absolute atomic E-state index is 0.336. The molecule has 0 saturated heterocycles. The Labute approximate surface area is 97.3 Å². The SMILES string of the molecule is Cc1ccc2[nH]cc(C3=CC(=O)NC3=O)c2c1. The molecule has 2 amide bonds. The zero-order valence-corrected chi connectivity index (χ0v) is 9.20. The van der Waals surface area contributed by atoms with Gasteiger partial charge < -0.3 is 4.98 Å². The number of imide groups is 1. The quantitative estimate of drug-likeness (QED) is 0.724. The number of amides is 2. The van der Waals surface area contributed by atoms with E-state index in [1.807, 2.05) is 25.1 Å². The van der Waals surface area contributed by atoms with E-state index in [1.165, 1.54) is 6.08 Å². The molecule has 84 valence electrons. The molecule has 2 N–H and O–H groups in total. The molecule has 0 aliphatic carbocycles. The van der Waals surface area contributed by atoms with Crippen LogP contribution in [0.15, 0.2) is 30.5 Å². The Morgan fingerprint density at radius 3 is 2.71 bits per heavy atom. The highest BCUT2D eigenvalue weighted by atomic mass is 16.2. The van der Waals surface area contributed by atoms with Crippen molar-refractivity contribution in [3.05, 3.63) is 41.6 Å². The minimum atomic E-state index is -0.355. The summed E-state index contributed by atoms with van der Waals surface area (Å²) in [5.41, 5.74) is 3.27. The van der Waals surface area contributed by atoms with Crippen molar-refractivity contribution in [1.29, 1.82) is 0 Å². The van der Waals surface area contributed by atoms with Gasteiger partial charge in [-0.15, -0.1) is 0 Å². The molecule has 2 heterocycles. The summed E-state index contributed by atoms with van der Waals surface area (Å²) in [6.07, 6.45) is 3.10. The lowest BCUT2D eigenvalue weighted by atomic mass is 10.0. The first-order chi connectivity index (χ1) is 8.15. The summed E-state index contributed by atoms with van der Waals surface area (Å²) in [6.45, 7) is 1.99. The van der Waals surface area contributed by atoms with Gasteiger partial charge in [0.25, 0.3) is 11.8 Å². The third kappa shape index (κ3) is 1.45. The van der Waals surface area contributed by atoms with E-state index in [0.717, 1.165) is 22.0 Å². The van der Waals surface area contributed by atoms with Gasteiger partial charge in [-0.3, -0.25) is 14.9 Å². The van der Waals surface area contributed by atoms with Gasteiger partial charge >= 0.3 is 0 Å². The number of nitrogens with one attached hydrogen (secondary N) is 2. The van der Waals surface area contributed by atoms with E-state index < -0.39 is 0 Å². The molecule has 17 heavy (non-hydrogen) atoms. The molecule has 1 aliphatic heterocycles. The van der Waals surface area contributed by atoms with Gasteiger partial charge in [-0.25, -0.2) is 0 Å². The van der Waals surface area contributed by atoms with Gasteiger partial charge in [-0.1, -0.05) is 11.6 Å². The van der Waals surface area contributed by atoms with E-state index >= 15 is 0 Å². The molecule has 1 aromatic heterocycles. The number of hydrogen-bond donors (Lipinski definition) is 2. The second-order valence-electron chi connectivity index (χ2n) is 4.13. The van der Waals surface area contributed by atoms with Gasteiger partial charge in [0.1, 0.15) is 0 Å². The van der Waals surface area contributed by atoms with Crippen molar-refractivity contribution in [2.75, 3.05) is 0 Å². The number of hydrogen-bond acceptors (Lipinski definition) is 2. The Morgan fingerprint density at radius 1 is 1.18 bits per heavy atom. The second kappa shape index (κ2) is 3.31. The van der Waals surface area contributed by atoms with Crippen molar-refractivity contribution in [2.24, 2.45) is 0 Å². The number of carbonyl (C=O) groups excluding carboxylic acids is 2. The van der Waals surface area contributed by atoms with Crippen LogP contribution in [0.25, 0.3) is 16.5 Å². The van der Waals surface area contributed by atoms with E-state index in [4.69, 9.17) is 0 Å². The van der Waals surface area contributed by atoms with E-state index in [1.54, 1.807) is 6.20 Å². The summed E-state index contributed by atoms with van der Waals surface area (Å²) in [6, 6.07) is 5.96. The maximum atomic E-state index is 11.6. The number of carbonyl (C=O) groups is 2. The number of aryl methyl sites for hydroxylation is 1. The molecule has 0 fully saturated rings. The van der Waals surface area contributed by atoms with E-state index in [-0.39, 0.29) is 11.8 Å². The topological polar surface area (TPSA) is 62.0 Å². The Kier molecular flexibility index (Phi) is 1.92. The maximum Gasteiger partial charge on any atom is 0.258 e. The van der Waals surface area contributed by atoms with Crippen molar-refractivity contribution >= 4 is 28.3 Å². The van der Waals surface area contributed by atoms with Crippen LogP contribution >= 0.6 is 0 Å². The smallest absolute Gasteiger partial charge is 0.258 e. The summed E-state index contributed by atoms with van der Waals surface area (Å²) in [5, 5.41) is 3.21. The lowest BCUT2D eigenvalue weighted by molar-refractivity contribution is -0.123. The van der Waals surface area contributed by atoms with E-state index in [2.05, 4.69) is 10.3 Å². The van der Waals surface area contributed by atoms with Crippen molar-refractivity contribution < 1.29 is 9.59 Å². The van der Waals surface area contributed by atoms with Gasteiger partial charge in [-0.05, 0) is 19.1 Å². The van der Waals surface area contributed by atoms with E-state index in [9.17, 15) is 9.59 Å². The first kappa shape index (κ1) is 9.84. The Bertz CT molecular complexity index is 680. The standard InChI is InChI=1S/C13H10N2O2/c1-7-2-3-11-8(4-7)10(6-14-11)9-5-12(16)15-13(9)17/h2-6,14H,1H3,(H,15,16,17). The molecule has 0 radical (unpaired) electrons. The first-order valence-corrected chi connectivity index (χ1v) is 5.30. The molecule has 0 atom stereocenters. The lowest BCUT2D eigenvalue weighted by Gasteiger charge is -1.99. The monoisotopic (exact) mass is 226 g/mol. The fourth-order valence-corrected chi connectivity index (χ4v) is 2.07. The lowest BCUT2D eigenvalue weighted by Crippen LogP contribution is -2.21. The predicted molar refractivity (Wildman–Crippen MR) is 64.2 cm³/mol. The van der Waals surface area contributed by atoms with Crippen LogP contribution in [-0.2, 0) is 9.59 Å². The van der Waals surface area contributed by atoms with Gasteiger partial charge in [0.2, 0.25) is 0 Å². The number of benzene rings is 1. The molecule has 4 nitrogen and oxygen atoms in total.